The Morgan fingerprint density at radius 2 is 2.04 bits per heavy atom. The number of amides is 1. The number of hydrogen-bond acceptors (Lipinski definition) is 4. The number of rotatable bonds is 7. The zero-order valence-corrected chi connectivity index (χ0v) is 13.8. The van der Waals surface area contributed by atoms with Gasteiger partial charge in [0.2, 0.25) is 0 Å². The zero-order valence-electron chi connectivity index (χ0n) is 13.8. The molecule has 7 heteroatoms. The minimum Gasteiger partial charge on any atom is -0.375 e. The summed E-state index contributed by atoms with van der Waals surface area (Å²) in [6, 6.07) is 7.48. The molecule has 1 amide bonds. The Morgan fingerprint density at radius 1 is 1.35 bits per heavy atom. The number of aromatic nitrogens is 3. The third-order valence-corrected chi connectivity index (χ3v) is 3.80. The highest BCUT2D eigenvalue weighted by molar-refractivity contribution is 5.94. The summed E-state index contributed by atoms with van der Waals surface area (Å²) in [4.78, 5) is 25.6. The lowest BCUT2D eigenvalue weighted by atomic mass is 10.2. The topological polar surface area (TPSA) is 83.0 Å². The van der Waals surface area contributed by atoms with Gasteiger partial charge in [-0.05, 0) is 30.7 Å². The van der Waals surface area contributed by atoms with E-state index in [1.165, 1.54) is 4.57 Å². The van der Waals surface area contributed by atoms with Crippen LogP contribution in [0.2, 0.25) is 0 Å². The Balaban J connectivity index is 1.94. The third kappa shape index (κ3) is 4.21. The van der Waals surface area contributed by atoms with Crippen LogP contribution in [0.4, 0.5) is 5.69 Å². The number of anilines is 1. The van der Waals surface area contributed by atoms with Gasteiger partial charge in [0.25, 0.3) is 5.91 Å². The van der Waals surface area contributed by atoms with Gasteiger partial charge in [0.05, 0.1) is 6.54 Å². The maximum atomic E-state index is 12.1. The van der Waals surface area contributed by atoms with Gasteiger partial charge in [-0.15, -0.1) is 0 Å². The summed E-state index contributed by atoms with van der Waals surface area (Å²) >= 11 is 0. The molecule has 0 spiro atoms. The molecule has 0 unspecified atom stereocenters. The first-order valence-corrected chi connectivity index (χ1v) is 7.72. The second kappa shape index (κ2) is 7.62. The summed E-state index contributed by atoms with van der Waals surface area (Å²) in [5.74, 6) is 0.294. The van der Waals surface area contributed by atoms with Gasteiger partial charge >= 0.3 is 5.69 Å². The van der Waals surface area contributed by atoms with Gasteiger partial charge in [0.15, 0.2) is 5.82 Å². The lowest BCUT2D eigenvalue weighted by Crippen LogP contribution is -2.26. The van der Waals surface area contributed by atoms with Crippen molar-refractivity contribution in [2.75, 3.05) is 18.5 Å². The van der Waals surface area contributed by atoms with Crippen molar-refractivity contribution in [3.63, 3.8) is 0 Å². The molecule has 1 aromatic carbocycles. The second-order valence-electron chi connectivity index (χ2n) is 5.51. The number of carbonyl (C=O) groups is 1. The number of aromatic amines is 1. The van der Waals surface area contributed by atoms with Gasteiger partial charge in [-0.3, -0.25) is 9.36 Å². The van der Waals surface area contributed by atoms with Crippen LogP contribution in [0.25, 0.3) is 0 Å². The van der Waals surface area contributed by atoms with Gasteiger partial charge in [0, 0.05) is 31.9 Å². The molecule has 0 saturated heterocycles. The lowest BCUT2D eigenvalue weighted by Gasteiger charge is -2.19. The molecule has 1 heterocycles. The summed E-state index contributed by atoms with van der Waals surface area (Å²) in [6.45, 7) is 3.36. The largest absolute Gasteiger partial charge is 0.375 e. The highest BCUT2D eigenvalue weighted by atomic mass is 16.2. The highest BCUT2D eigenvalue weighted by Crippen LogP contribution is 2.14. The summed E-state index contributed by atoms with van der Waals surface area (Å²) < 4.78 is 1.37. The monoisotopic (exact) mass is 317 g/mol. The molecule has 1 aromatic heterocycles. The molecule has 0 fully saturated rings. The second-order valence-corrected chi connectivity index (χ2v) is 5.51. The number of unbranched alkanes of at least 4 members (excludes halogenated alkanes) is 1. The molecule has 0 aliphatic heterocycles. The normalized spacial score (nSPS) is 10.6. The maximum absolute atomic E-state index is 12.1. The fraction of sp³-hybridized carbons (Fsp3) is 0.438. The fourth-order valence-corrected chi connectivity index (χ4v) is 2.19. The summed E-state index contributed by atoms with van der Waals surface area (Å²) in [6.07, 6.45) is 2.29. The Kier molecular flexibility index (Phi) is 5.56. The summed E-state index contributed by atoms with van der Waals surface area (Å²) in [5, 5.41) is 8.95. The summed E-state index contributed by atoms with van der Waals surface area (Å²) in [7, 11) is 3.65. The third-order valence-electron chi connectivity index (χ3n) is 3.80. The van der Waals surface area contributed by atoms with Crippen LogP contribution in [-0.4, -0.2) is 34.3 Å². The molecule has 0 aliphatic rings. The number of hydrogen-bond donors (Lipinski definition) is 2. The molecule has 0 atom stereocenters. The average Bonchev–Trinajstić information content (AvgIpc) is 2.89. The SMILES string of the molecule is CCCCN(C)c1ccc(C(=O)NCc2n[nH]c(=O)n2C)cc1. The van der Waals surface area contributed by atoms with Crippen LogP contribution in [0.3, 0.4) is 0 Å². The van der Waals surface area contributed by atoms with Crippen molar-refractivity contribution in [3.05, 3.63) is 46.1 Å². The fourth-order valence-electron chi connectivity index (χ4n) is 2.19. The minimum atomic E-state index is -0.297. The van der Waals surface area contributed by atoms with Crippen molar-refractivity contribution in [2.24, 2.45) is 7.05 Å². The molecule has 0 bridgehead atoms. The van der Waals surface area contributed by atoms with Crippen LogP contribution in [0.1, 0.15) is 35.9 Å². The average molecular weight is 317 g/mol. The molecular weight excluding hydrogens is 294 g/mol. The van der Waals surface area contributed by atoms with Crippen LogP contribution in [0.5, 0.6) is 0 Å². The number of carbonyl (C=O) groups excluding carboxylic acids is 1. The van der Waals surface area contributed by atoms with E-state index in [1.54, 1.807) is 19.2 Å². The maximum Gasteiger partial charge on any atom is 0.343 e. The Hall–Kier alpha value is -2.57. The Labute approximate surface area is 135 Å². The highest BCUT2D eigenvalue weighted by Gasteiger charge is 2.09. The van der Waals surface area contributed by atoms with Crippen LogP contribution in [-0.2, 0) is 13.6 Å². The van der Waals surface area contributed by atoms with Gasteiger partial charge in [0.1, 0.15) is 0 Å². The molecule has 23 heavy (non-hydrogen) atoms. The van der Waals surface area contributed by atoms with Crippen molar-refractivity contribution in [1.29, 1.82) is 0 Å². The van der Waals surface area contributed by atoms with E-state index < -0.39 is 0 Å². The van der Waals surface area contributed by atoms with Gasteiger partial charge in [-0.1, -0.05) is 13.3 Å². The van der Waals surface area contributed by atoms with E-state index in [2.05, 4.69) is 27.3 Å². The minimum absolute atomic E-state index is 0.191. The molecule has 0 saturated carbocycles. The number of benzene rings is 1. The Morgan fingerprint density at radius 3 is 2.61 bits per heavy atom. The number of nitrogens with zero attached hydrogens (tertiary/aromatic N) is 3. The number of H-pyrrole nitrogens is 1. The van der Waals surface area contributed by atoms with Crippen LogP contribution in [0.15, 0.2) is 29.1 Å². The Bertz CT molecular complexity index is 702. The van der Waals surface area contributed by atoms with Crippen LogP contribution in [0, 0.1) is 0 Å². The van der Waals surface area contributed by atoms with E-state index in [0.717, 1.165) is 25.1 Å². The first-order chi connectivity index (χ1) is 11.0. The predicted octanol–water partition coefficient (Wildman–Crippen LogP) is 1.27. The van der Waals surface area contributed by atoms with Gasteiger partial charge in [-0.25, -0.2) is 9.89 Å². The molecule has 2 rings (SSSR count). The lowest BCUT2D eigenvalue weighted by molar-refractivity contribution is 0.0949. The van der Waals surface area contributed by atoms with Crippen molar-refractivity contribution < 1.29 is 4.79 Å². The number of nitrogens with one attached hydrogen (secondary N) is 2. The van der Waals surface area contributed by atoms with Gasteiger partial charge in [-0.2, -0.15) is 5.10 Å². The van der Waals surface area contributed by atoms with E-state index in [9.17, 15) is 9.59 Å². The standard InChI is InChI=1S/C16H23N5O2/c1-4-5-10-20(2)13-8-6-12(7-9-13)15(22)17-11-14-18-19-16(23)21(14)3/h6-9H,4-5,10-11H2,1-3H3,(H,17,22)(H,19,23). The smallest absolute Gasteiger partial charge is 0.343 e. The predicted molar refractivity (Wildman–Crippen MR) is 89.6 cm³/mol. The van der Waals surface area contributed by atoms with Crippen molar-refractivity contribution in [2.45, 2.75) is 26.3 Å². The van der Waals surface area contributed by atoms with Crippen LogP contribution < -0.4 is 15.9 Å². The van der Waals surface area contributed by atoms with Crippen molar-refractivity contribution in [3.8, 4) is 0 Å². The zero-order chi connectivity index (χ0) is 16.8. The van der Waals surface area contributed by atoms with E-state index in [4.69, 9.17) is 0 Å². The summed E-state index contributed by atoms with van der Waals surface area (Å²) in [5.41, 5.74) is 1.37. The molecule has 124 valence electrons. The molecule has 2 aromatic rings. The molecule has 7 nitrogen and oxygen atoms in total. The van der Waals surface area contributed by atoms with E-state index in [0.29, 0.717) is 11.4 Å². The molecule has 0 radical (unpaired) electrons. The molecule has 2 N–H and O–H groups in total. The van der Waals surface area contributed by atoms with Crippen molar-refractivity contribution >= 4 is 11.6 Å². The first-order valence-electron chi connectivity index (χ1n) is 7.72. The quantitative estimate of drug-likeness (QED) is 0.806. The van der Waals surface area contributed by atoms with E-state index >= 15 is 0 Å². The molecule has 0 aliphatic carbocycles. The van der Waals surface area contributed by atoms with Crippen LogP contribution >= 0.6 is 0 Å². The van der Waals surface area contributed by atoms with E-state index in [-0.39, 0.29) is 18.1 Å². The van der Waals surface area contributed by atoms with Gasteiger partial charge < -0.3 is 10.2 Å². The molecular formula is C16H23N5O2. The van der Waals surface area contributed by atoms with Crippen molar-refractivity contribution in [1.82, 2.24) is 20.1 Å². The first kappa shape index (κ1) is 16.8. The van der Waals surface area contributed by atoms with E-state index in [1.807, 2.05) is 19.2 Å².